The van der Waals surface area contributed by atoms with Crippen LogP contribution in [0, 0.1) is 6.92 Å². The van der Waals surface area contributed by atoms with Crippen molar-refractivity contribution in [2.75, 3.05) is 0 Å². The smallest absolute Gasteiger partial charge is 0.143 e. The van der Waals surface area contributed by atoms with Crippen LogP contribution in [-0.4, -0.2) is 21.0 Å². The molecule has 1 aromatic carbocycles. The first kappa shape index (κ1) is 9.51. The minimum atomic E-state index is 0.183. The van der Waals surface area contributed by atoms with Crippen molar-refractivity contribution in [3.05, 3.63) is 29.6 Å². The number of H-pyrrole nitrogens is 1. The second kappa shape index (κ2) is 3.61. The lowest BCUT2D eigenvalue weighted by molar-refractivity contribution is 0.317. The Hall–Kier alpha value is -2.04. The van der Waals surface area contributed by atoms with Crippen molar-refractivity contribution in [2.24, 2.45) is 10.9 Å². The van der Waals surface area contributed by atoms with Gasteiger partial charge in [0.1, 0.15) is 11.7 Å². The summed E-state index contributed by atoms with van der Waals surface area (Å²) < 4.78 is 0. The third-order valence-electron chi connectivity index (χ3n) is 2.21. The molecular weight excluding hydrogens is 192 g/mol. The van der Waals surface area contributed by atoms with Crippen LogP contribution >= 0.6 is 0 Å². The van der Waals surface area contributed by atoms with E-state index in [0.717, 1.165) is 22.4 Å². The SMILES string of the molecule is Cc1nc2c(C/C(N)=N/O)cccc2[nH]1. The third-order valence-corrected chi connectivity index (χ3v) is 2.21. The normalized spacial score (nSPS) is 12.2. The lowest BCUT2D eigenvalue weighted by Crippen LogP contribution is -2.14. The average Bonchev–Trinajstić information content (AvgIpc) is 2.59. The predicted octanol–water partition coefficient (Wildman–Crippen LogP) is 1.16. The second-order valence-electron chi connectivity index (χ2n) is 3.40. The number of amidine groups is 1. The highest BCUT2D eigenvalue weighted by Gasteiger charge is 2.06. The molecule has 0 unspecified atom stereocenters. The molecule has 0 radical (unpaired) electrons. The minimum absolute atomic E-state index is 0.183. The molecule has 0 aliphatic carbocycles. The molecule has 15 heavy (non-hydrogen) atoms. The van der Waals surface area contributed by atoms with Gasteiger partial charge in [-0.25, -0.2) is 4.98 Å². The quantitative estimate of drug-likeness (QED) is 0.297. The number of benzene rings is 1. The van der Waals surface area contributed by atoms with Crippen molar-refractivity contribution in [1.29, 1.82) is 0 Å². The first-order valence-electron chi connectivity index (χ1n) is 4.61. The Balaban J connectivity index is 2.50. The lowest BCUT2D eigenvalue weighted by Gasteiger charge is -1.99. The molecular formula is C10H12N4O. The maximum atomic E-state index is 8.51. The Morgan fingerprint density at radius 1 is 1.60 bits per heavy atom. The number of hydrogen-bond donors (Lipinski definition) is 3. The zero-order chi connectivity index (χ0) is 10.8. The van der Waals surface area contributed by atoms with Crippen molar-refractivity contribution in [3.63, 3.8) is 0 Å². The first-order chi connectivity index (χ1) is 7.20. The van der Waals surface area contributed by atoms with Crippen LogP contribution in [0.5, 0.6) is 0 Å². The number of rotatable bonds is 2. The molecule has 0 saturated heterocycles. The van der Waals surface area contributed by atoms with Gasteiger partial charge in [0.2, 0.25) is 0 Å². The molecule has 2 rings (SSSR count). The summed E-state index contributed by atoms with van der Waals surface area (Å²) in [7, 11) is 0. The van der Waals surface area contributed by atoms with E-state index in [1.165, 1.54) is 0 Å². The van der Waals surface area contributed by atoms with E-state index in [0.29, 0.717) is 6.42 Å². The zero-order valence-electron chi connectivity index (χ0n) is 8.36. The van der Waals surface area contributed by atoms with E-state index in [4.69, 9.17) is 10.9 Å². The van der Waals surface area contributed by atoms with Crippen LogP contribution in [0.15, 0.2) is 23.4 Å². The van der Waals surface area contributed by atoms with Gasteiger partial charge < -0.3 is 15.9 Å². The summed E-state index contributed by atoms with van der Waals surface area (Å²) >= 11 is 0. The number of nitrogens with one attached hydrogen (secondary N) is 1. The molecule has 0 fully saturated rings. The third kappa shape index (κ3) is 1.76. The van der Waals surface area contributed by atoms with Crippen LogP contribution in [0.25, 0.3) is 11.0 Å². The lowest BCUT2D eigenvalue weighted by atomic mass is 10.1. The molecule has 0 saturated carbocycles. The number of nitrogens with zero attached hydrogens (tertiary/aromatic N) is 2. The molecule has 0 aliphatic rings. The summed E-state index contributed by atoms with van der Waals surface area (Å²) in [6.45, 7) is 1.90. The van der Waals surface area contributed by atoms with Crippen LogP contribution in [0.2, 0.25) is 0 Å². The highest BCUT2D eigenvalue weighted by molar-refractivity contribution is 5.88. The summed E-state index contributed by atoms with van der Waals surface area (Å²) in [6, 6.07) is 5.78. The fourth-order valence-electron chi connectivity index (χ4n) is 1.59. The molecule has 0 amide bonds. The number of oxime groups is 1. The Morgan fingerprint density at radius 2 is 2.40 bits per heavy atom. The maximum Gasteiger partial charge on any atom is 0.143 e. The first-order valence-corrected chi connectivity index (χ1v) is 4.61. The van der Waals surface area contributed by atoms with E-state index >= 15 is 0 Å². The molecule has 0 spiro atoms. The van der Waals surface area contributed by atoms with Crippen molar-refractivity contribution >= 4 is 16.9 Å². The summed E-state index contributed by atoms with van der Waals surface area (Å²) in [4.78, 5) is 7.49. The topological polar surface area (TPSA) is 87.3 Å². The van der Waals surface area contributed by atoms with Gasteiger partial charge in [-0.15, -0.1) is 0 Å². The zero-order valence-corrected chi connectivity index (χ0v) is 8.36. The van der Waals surface area contributed by atoms with E-state index in [1.807, 2.05) is 25.1 Å². The van der Waals surface area contributed by atoms with Crippen molar-refractivity contribution in [1.82, 2.24) is 9.97 Å². The Kier molecular flexibility index (Phi) is 2.29. The van der Waals surface area contributed by atoms with E-state index in [9.17, 15) is 0 Å². The van der Waals surface area contributed by atoms with Gasteiger partial charge in [-0.05, 0) is 18.6 Å². The maximum absolute atomic E-state index is 8.51. The van der Waals surface area contributed by atoms with E-state index in [-0.39, 0.29) is 5.84 Å². The van der Waals surface area contributed by atoms with E-state index < -0.39 is 0 Å². The van der Waals surface area contributed by atoms with Gasteiger partial charge in [0, 0.05) is 6.42 Å². The molecule has 4 N–H and O–H groups in total. The van der Waals surface area contributed by atoms with E-state index in [1.54, 1.807) is 0 Å². The fraction of sp³-hybridized carbons (Fsp3) is 0.200. The van der Waals surface area contributed by atoms with Crippen molar-refractivity contribution in [3.8, 4) is 0 Å². The average molecular weight is 204 g/mol. The Morgan fingerprint density at radius 3 is 3.13 bits per heavy atom. The largest absolute Gasteiger partial charge is 0.409 e. The van der Waals surface area contributed by atoms with Crippen molar-refractivity contribution in [2.45, 2.75) is 13.3 Å². The predicted molar refractivity (Wildman–Crippen MR) is 57.9 cm³/mol. The second-order valence-corrected chi connectivity index (χ2v) is 3.40. The number of hydrogen-bond acceptors (Lipinski definition) is 3. The van der Waals surface area contributed by atoms with E-state index in [2.05, 4.69) is 15.1 Å². The number of fused-ring (bicyclic) bond motifs is 1. The molecule has 1 heterocycles. The minimum Gasteiger partial charge on any atom is -0.409 e. The Labute approximate surface area is 86.6 Å². The monoisotopic (exact) mass is 204 g/mol. The molecule has 0 atom stereocenters. The number of para-hydroxylation sites is 1. The van der Waals surface area contributed by atoms with Crippen LogP contribution in [0.3, 0.4) is 0 Å². The van der Waals surface area contributed by atoms with Gasteiger partial charge in [-0.2, -0.15) is 0 Å². The van der Waals surface area contributed by atoms with Gasteiger partial charge in [0.05, 0.1) is 11.0 Å². The highest BCUT2D eigenvalue weighted by atomic mass is 16.4. The van der Waals surface area contributed by atoms with Crippen LogP contribution in [0.1, 0.15) is 11.4 Å². The standard InChI is InChI=1S/C10H12N4O/c1-6-12-8-4-2-3-7(10(8)13-6)5-9(11)14-15/h2-4,15H,5H2,1H3,(H2,11,14)(H,12,13). The van der Waals surface area contributed by atoms with Gasteiger partial charge >= 0.3 is 0 Å². The molecule has 78 valence electrons. The van der Waals surface area contributed by atoms with Gasteiger partial charge in [-0.1, -0.05) is 17.3 Å². The van der Waals surface area contributed by atoms with Gasteiger partial charge in [-0.3, -0.25) is 0 Å². The number of aromatic nitrogens is 2. The summed E-state index contributed by atoms with van der Waals surface area (Å²) in [5.74, 6) is 1.04. The van der Waals surface area contributed by atoms with Crippen molar-refractivity contribution < 1.29 is 5.21 Å². The van der Waals surface area contributed by atoms with Gasteiger partial charge in [0.15, 0.2) is 0 Å². The molecule has 0 bridgehead atoms. The molecule has 5 nitrogen and oxygen atoms in total. The Bertz CT molecular complexity index is 515. The number of aromatic amines is 1. The summed E-state index contributed by atoms with van der Waals surface area (Å²) in [5, 5.41) is 11.5. The number of nitrogens with two attached hydrogens (primary N) is 1. The number of imidazole rings is 1. The van der Waals surface area contributed by atoms with Gasteiger partial charge in [0.25, 0.3) is 0 Å². The summed E-state index contributed by atoms with van der Waals surface area (Å²) in [6.07, 6.45) is 0.401. The summed E-state index contributed by atoms with van der Waals surface area (Å²) in [5.41, 5.74) is 8.26. The van der Waals surface area contributed by atoms with Crippen LogP contribution in [0.4, 0.5) is 0 Å². The fourth-order valence-corrected chi connectivity index (χ4v) is 1.59. The molecule has 0 aliphatic heterocycles. The van der Waals surface area contributed by atoms with Crippen LogP contribution < -0.4 is 5.73 Å². The number of aryl methyl sites for hydroxylation is 1. The molecule has 2 aromatic rings. The highest BCUT2D eigenvalue weighted by Crippen LogP contribution is 2.16. The molecule has 1 aromatic heterocycles. The molecule has 5 heteroatoms. The van der Waals surface area contributed by atoms with Crippen LogP contribution in [-0.2, 0) is 6.42 Å².